The van der Waals surface area contributed by atoms with Crippen LogP contribution in [0.4, 0.5) is 10.1 Å². The first-order valence-electron chi connectivity index (χ1n) is 11.6. The lowest BCUT2D eigenvalue weighted by Gasteiger charge is -2.44. The van der Waals surface area contributed by atoms with E-state index in [0.29, 0.717) is 30.3 Å². The number of carbonyl (C=O) groups is 1. The molecule has 2 aliphatic rings. The molecule has 1 aromatic heterocycles. The molecule has 0 unspecified atom stereocenters. The normalized spacial score (nSPS) is 18.8. The first-order valence-corrected chi connectivity index (χ1v) is 11.6. The van der Waals surface area contributed by atoms with E-state index in [-0.39, 0.29) is 24.9 Å². The zero-order valence-electron chi connectivity index (χ0n) is 18.3. The third-order valence-electron chi connectivity index (χ3n) is 7.40. The van der Waals surface area contributed by atoms with Crippen LogP contribution in [-0.4, -0.2) is 30.4 Å². The first kappa shape index (κ1) is 21.7. The van der Waals surface area contributed by atoms with Crippen LogP contribution in [0, 0.1) is 22.5 Å². The second-order valence-electron chi connectivity index (χ2n) is 9.23. The summed E-state index contributed by atoms with van der Waals surface area (Å²) < 4.78 is 21.9. The van der Waals surface area contributed by atoms with E-state index >= 15 is 0 Å². The number of nitrogens with one attached hydrogen (secondary N) is 1. The zero-order valence-corrected chi connectivity index (χ0v) is 18.3. The van der Waals surface area contributed by atoms with Gasteiger partial charge in [-0.2, -0.15) is 0 Å². The number of ether oxygens (including phenoxy) is 1. The van der Waals surface area contributed by atoms with Crippen molar-refractivity contribution in [1.29, 1.82) is 5.26 Å². The van der Waals surface area contributed by atoms with Crippen molar-refractivity contribution < 1.29 is 13.9 Å². The fraction of sp³-hybridized carbons (Fsp3) is 0.583. The highest BCUT2D eigenvalue weighted by molar-refractivity contribution is 6.67. The Morgan fingerprint density at radius 1 is 1.32 bits per heavy atom. The molecule has 1 saturated heterocycles. The van der Waals surface area contributed by atoms with Crippen molar-refractivity contribution >= 4 is 29.3 Å². The molecule has 0 atom stereocenters. The topological polar surface area (TPSA) is 67.0 Å². The molecule has 1 spiro atoms. The van der Waals surface area contributed by atoms with E-state index in [2.05, 4.69) is 22.0 Å². The Balaban J connectivity index is 1.40. The largest absolute Gasteiger partial charge is 0.466 e. The summed E-state index contributed by atoms with van der Waals surface area (Å²) in [5.41, 5.74) is 1.78. The van der Waals surface area contributed by atoms with Gasteiger partial charge in [-0.25, -0.2) is 9.65 Å². The van der Waals surface area contributed by atoms with Gasteiger partial charge in [0.2, 0.25) is 0 Å². The Morgan fingerprint density at radius 3 is 2.74 bits per heavy atom. The monoisotopic (exact) mass is 423 g/mol. The summed E-state index contributed by atoms with van der Waals surface area (Å²) in [7, 11) is 0. The van der Waals surface area contributed by atoms with Crippen LogP contribution < -0.4 is 5.32 Å². The third-order valence-corrected chi connectivity index (χ3v) is 7.40. The third kappa shape index (κ3) is 4.73. The molecule has 0 radical (unpaired) electrons. The fourth-order valence-corrected chi connectivity index (χ4v) is 5.52. The van der Waals surface area contributed by atoms with Gasteiger partial charge in [-0.1, -0.05) is 25.5 Å². The molecule has 5 nitrogen and oxygen atoms in total. The van der Waals surface area contributed by atoms with E-state index in [1.165, 1.54) is 25.7 Å². The molecule has 31 heavy (non-hydrogen) atoms. The average Bonchev–Trinajstić information content (AvgIpc) is 3.18. The molecule has 1 aliphatic heterocycles. The minimum absolute atomic E-state index is 0.214. The van der Waals surface area contributed by atoms with Crippen molar-refractivity contribution in [2.24, 2.45) is 5.41 Å². The van der Waals surface area contributed by atoms with Gasteiger partial charge in [-0.3, -0.25) is 4.79 Å². The minimum atomic E-state index is -0.293. The summed E-state index contributed by atoms with van der Waals surface area (Å²) in [6.45, 7) is 2.73. The quantitative estimate of drug-likeness (QED) is 0.485. The molecule has 7 heteroatoms. The molecule has 1 aromatic carbocycles. The average molecular weight is 423 g/mol. The lowest BCUT2D eigenvalue weighted by molar-refractivity contribution is -0.142. The van der Waals surface area contributed by atoms with E-state index < -0.39 is 0 Å². The van der Waals surface area contributed by atoms with Gasteiger partial charge in [0.15, 0.2) is 0 Å². The van der Waals surface area contributed by atoms with Crippen LogP contribution in [0.5, 0.6) is 0 Å². The van der Waals surface area contributed by atoms with Crippen molar-refractivity contribution in [1.82, 2.24) is 4.57 Å². The Bertz CT molecular complexity index is 965. The number of anilines is 1. The first-order chi connectivity index (χ1) is 15.0. The van der Waals surface area contributed by atoms with Gasteiger partial charge in [-0.15, -0.1) is 0 Å². The smallest absolute Gasteiger partial charge is 0.307 e. The van der Waals surface area contributed by atoms with E-state index in [1.54, 1.807) is 13.0 Å². The summed E-state index contributed by atoms with van der Waals surface area (Å²) in [5, 5.41) is 13.2. The number of esters is 1. The molecule has 2 aromatic rings. The number of halogens is 1. The van der Waals surface area contributed by atoms with Gasteiger partial charge in [0.1, 0.15) is 5.82 Å². The van der Waals surface area contributed by atoms with Crippen molar-refractivity contribution in [3.8, 4) is 5.97 Å². The summed E-state index contributed by atoms with van der Waals surface area (Å²) in [6, 6.07) is 5.90. The SMILES string of the molecule is CCOC(=O)CCNc1cc2ccn(C3CCC4(CCB(C#N)CC4)CC3)c2cc1F. The van der Waals surface area contributed by atoms with Crippen LogP contribution in [-0.2, 0) is 9.53 Å². The molecule has 1 N–H and O–H groups in total. The highest BCUT2D eigenvalue weighted by Gasteiger charge is 2.40. The molecular weight excluding hydrogens is 392 g/mol. The molecule has 4 rings (SSSR count). The number of aromatic nitrogens is 1. The predicted molar refractivity (Wildman–Crippen MR) is 122 cm³/mol. The highest BCUT2D eigenvalue weighted by atomic mass is 19.1. The molecule has 1 aliphatic carbocycles. The molecular formula is C24H31BFN3O2. The van der Waals surface area contributed by atoms with Gasteiger partial charge >= 0.3 is 5.97 Å². The standard InChI is InChI=1S/C24H31BFN3O2/c1-2-31-23(30)5-13-28-21-15-18-6-14-29(22(18)16-20(21)26)19-3-7-24(8-4-19)9-11-25(17-27)12-10-24/h6,14-16,19,28H,2-5,7-13H2,1H3. The van der Waals surface area contributed by atoms with Crippen LogP contribution in [0.1, 0.15) is 57.9 Å². The molecule has 0 amide bonds. The van der Waals surface area contributed by atoms with Gasteiger partial charge in [0.25, 0.3) is 6.71 Å². The maximum absolute atomic E-state index is 14.8. The van der Waals surface area contributed by atoms with Crippen molar-refractivity contribution in [3.05, 3.63) is 30.2 Å². The summed E-state index contributed by atoms with van der Waals surface area (Å²) >= 11 is 0. The molecule has 2 heterocycles. The zero-order chi connectivity index (χ0) is 21.8. The van der Waals surface area contributed by atoms with Crippen LogP contribution in [0.15, 0.2) is 24.4 Å². The van der Waals surface area contributed by atoms with Gasteiger partial charge < -0.3 is 14.6 Å². The molecule has 1 saturated carbocycles. The second-order valence-corrected chi connectivity index (χ2v) is 9.23. The summed E-state index contributed by atoms with van der Waals surface area (Å²) in [4.78, 5) is 11.5. The van der Waals surface area contributed by atoms with Gasteiger partial charge in [0.05, 0.1) is 24.2 Å². The predicted octanol–water partition coefficient (Wildman–Crippen LogP) is 5.60. The number of nitrogens with zero attached hydrogens (tertiary/aromatic N) is 2. The van der Waals surface area contributed by atoms with E-state index in [9.17, 15) is 14.4 Å². The fourth-order valence-electron chi connectivity index (χ4n) is 5.52. The summed E-state index contributed by atoms with van der Waals surface area (Å²) in [6.07, 6.45) is 11.4. The number of benzene rings is 1. The van der Waals surface area contributed by atoms with Crippen LogP contribution in [0.3, 0.4) is 0 Å². The number of hydrogen-bond donors (Lipinski definition) is 1. The Hall–Kier alpha value is -2.49. The maximum Gasteiger partial charge on any atom is 0.307 e. The van der Waals surface area contributed by atoms with Crippen molar-refractivity contribution in [3.63, 3.8) is 0 Å². The number of fused-ring (bicyclic) bond motifs is 1. The summed E-state index contributed by atoms with van der Waals surface area (Å²) in [5.74, 6) is 1.87. The molecule has 2 fully saturated rings. The Kier molecular flexibility index (Phi) is 6.55. The number of carbonyl (C=O) groups excluding carboxylic acids is 1. The van der Waals surface area contributed by atoms with Crippen molar-refractivity contribution in [2.45, 2.75) is 70.6 Å². The Morgan fingerprint density at radius 2 is 2.06 bits per heavy atom. The van der Waals surface area contributed by atoms with Gasteiger partial charge in [0, 0.05) is 36.2 Å². The van der Waals surface area contributed by atoms with Gasteiger partial charge in [-0.05, 0) is 50.2 Å². The van der Waals surface area contributed by atoms with E-state index in [0.717, 1.165) is 36.4 Å². The highest BCUT2D eigenvalue weighted by Crippen LogP contribution is 2.50. The second kappa shape index (κ2) is 9.34. The number of hydrogen-bond acceptors (Lipinski definition) is 4. The van der Waals surface area contributed by atoms with E-state index in [1.807, 2.05) is 12.1 Å². The van der Waals surface area contributed by atoms with Crippen LogP contribution in [0.2, 0.25) is 12.6 Å². The minimum Gasteiger partial charge on any atom is -0.466 e. The lowest BCUT2D eigenvalue weighted by Crippen LogP contribution is -2.34. The number of rotatable bonds is 6. The maximum atomic E-state index is 14.8. The van der Waals surface area contributed by atoms with Crippen molar-refractivity contribution in [2.75, 3.05) is 18.5 Å². The van der Waals surface area contributed by atoms with Crippen LogP contribution in [0.25, 0.3) is 10.9 Å². The Labute approximate surface area is 184 Å². The molecule has 164 valence electrons. The van der Waals surface area contributed by atoms with Crippen LogP contribution >= 0.6 is 0 Å². The lowest BCUT2D eigenvalue weighted by atomic mass is 9.38. The van der Waals surface area contributed by atoms with E-state index in [4.69, 9.17) is 4.74 Å². The number of nitriles is 1. The molecule has 0 bridgehead atoms.